The minimum Gasteiger partial charge on any atom is -0.508 e. The molecule has 27 heavy (non-hydrogen) atoms. The number of hydrogen-bond donors (Lipinski definition) is 2. The third-order valence-corrected chi connectivity index (χ3v) is 7.15. The van der Waals surface area contributed by atoms with Crippen LogP contribution in [0.2, 0.25) is 0 Å². The van der Waals surface area contributed by atoms with Crippen molar-refractivity contribution in [3.8, 4) is 11.5 Å². The second-order valence-electron chi connectivity index (χ2n) is 9.69. The van der Waals surface area contributed by atoms with Gasteiger partial charge in [-0.25, -0.2) is 0 Å². The highest BCUT2D eigenvalue weighted by molar-refractivity contribution is 5.86. The number of carbonyl (C=O) groups is 1. The van der Waals surface area contributed by atoms with Crippen molar-refractivity contribution in [2.45, 2.75) is 78.1 Å². The Hall–Kier alpha value is -1.77. The minimum atomic E-state index is -0.273. The predicted molar refractivity (Wildman–Crippen MR) is 109 cm³/mol. The van der Waals surface area contributed by atoms with E-state index in [0.29, 0.717) is 17.9 Å². The zero-order chi connectivity index (χ0) is 20.0. The summed E-state index contributed by atoms with van der Waals surface area (Å²) >= 11 is 0. The molecule has 0 saturated heterocycles. The maximum Gasteiger partial charge on any atom is 0.137 e. The van der Waals surface area contributed by atoms with Gasteiger partial charge in [-0.15, -0.1) is 0 Å². The van der Waals surface area contributed by atoms with Crippen molar-refractivity contribution in [1.82, 2.24) is 0 Å². The van der Waals surface area contributed by atoms with Gasteiger partial charge in [0.25, 0.3) is 0 Å². The van der Waals surface area contributed by atoms with Crippen molar-refractivity contribution < 1.29 is 15.0 Å². The maximum absolute atomic E-state index is 12.5. The van der Waals surface area contributed by atoms with Gasteiger partial charge in [0, 0.05) is 29.2 Å². The Kier molecular flexibility index (Phi) is 5.18. The summed E-state index contributed by atoms with van der Waals surface area (Å²) in [6.07, 6.45) is 9.01. The number of phenolic OH excluding ortho intramolecular Hbond substituents is 2. The van der Waals surface area contributed by atoms with Gasteiger partial charge in [-0.05, 0) is 41.9 Å². The molecule has 3 heteroatoms. The van der Waals surface area contributed by atoms with Crippen molar-refractivity contribution in [3.63, 3.8) is 0 Å². The number of rotatable bonds is 6. The second kappa shape index (κ2) is 7.00. The molecule has 3 atom stereocenters. The number of ketones is 1. The molecule has 3 nitrogen and oxygen atoms in total. The van der Waals surface area contributed by atoms with Crippen LogP contribution in [-0.4, -0.2) is 16.0 Å². The second-order valence-corrected chi connectivity index (χ2v) is 9.69. The average molecular weight is 371 g/mol. The number of fused-ring (bicyclic) bond motifs is 2. The van der Waals surface area contributed by atoms with Crippen LogP contribution in [0.15, 0.2) is 24.3 Å². The van der Waals surface area contributed by atoms with Crippen molar-refractivity contribution in [2.24, 2.45) is 17.3 Å². The standard InChI is InChI=1S/C24H34O3/c1-6-7-8-9-10-23(2,3)15-11-20(26)22(21(27)12-15)16-13-19(25)18-14-17(16)24(18,4)5/h9-12,16-18,26-27H,6-8,13-14H2,1-5H3/b10-9-/t16-,17-,18+/m1/s1. The van der Waals surface area contributed by atoms with Crippen molar-refractivity contribution >= 4 is 5.78 Å². The third-order valence-electron chi connectivity index (χ3n) is 7.15. The van der Waals surface area contributed by atoms with Crippen LogP contribution in [0, 0.1) is 17.3 Å². The van der Waals surface area contributed by atoms with E-state index in [1.54, 1.807) is 12.1 Å². The van der Waals surface area contributed by atoms with Gasteiger partial charge in [0.1, 0.15) is 17.3 Å². The summed E-state index contributed by atoms with van der Waals surface area (Å²) in [5.74, 6) is 0.918. The van der Waals surface area contributed by atoms with Gasteiger partial charge < -0.3 is 10.2 Å². The quantitative estimate of drug-likeness (QED) is 0.488. The molecule has 1 aromatic carbocycles. The SMILES string of the molecule is CCCC/C=C\C(C)(C)c1cc(O)c([C@@H]2CC(=O)[C@@H]3C[C@H]2C3(C)C)c(O)c1. The molecule has 1 aromatic rings. The van der Waals surface area contributed by atoms with Crippen molar-refractivity contribution in [2.75, 3.05) is 0 Å². The predicted octanol–water partition coefficient (Wildman–Crippen LogP) is 5.84. The van der Waals surface area contributed by atoms with E-state index in [-0.39, 0.29) is 39.9 Å². The van der Waals surface area contributed by atoms with Gasteiger partial charge in [-0.3, -0.25) is 4.79 Å². The highest BCUT2D eigenvalue weighted by Crippen LogP contribution is 2.64. The number of hydrogen-bond acceptors (Lipinski definition) is 3. The summed E-state index contributed by atoms with van der Waals surface area (Å²) in [6.45, 7) is 10.6. The molecule has 3 aliphatic rings. The molecule has 148 valence electrons. The van der Waals surface area contributed by atoms with Gasteiger partial charge >= 0.3 is 0 Å². The summed E-state index contributed by atoms with van der Waals surface area (Å²) < 4.78 is 0. The average Bonchev–Trinajstić information content (AvgIpc) is 2.57. The molecule has 4 rings (SSSR count). The Morgan fingerprint density at radius 1 is 1.22 bits per heavy atom. The van der Waals surface area contributed by atoms with Crippen LogP contribution in [0.3, 0.4) is 0 Å². The summed E-state index contributed by atoms with van der Waals surface area (Å²) in [5.41, 5.74) is 1.14. The van der Waals surface area contributed by atoms with E-state index in [2.05, 4.69) is 46.8 Å². The van der Waals surface area contributed by atoms with Gasteiger partial charge in [0.05, 0.1) is 0 Å². The first kappa shape index (κ1) is 20.0. The lowest BCUT2D eigenvalue weighted by atomic mass is 9.44. The minimum absolute atomic E-state index is 0.0428. The van der Waals surface area contributed by atoms with Crippen molar-refractivity contribution in [3.05, 3.63) is 35.4 Å². The van der Waals surface area contributed by atoms with E-state index < -0.39 is 0 Å². The molecule has 2 bridgehead atoms. The van der Waals surface area contributed by atoms with Gasteiger partial charge in [0.15, 0.2) is 0 Å². The van der Waals surface area contributed by atoms with Crippen LogP contribution in [0.1, 0.15) is 83.8 Å². The largest absolute Gasteiger partial charge is 0.508 e. The first-order valence-electron chi connectivity index (χ1n) is 10.4. The zero-order valence-corrected chi connectivity index (χ0v) is 17.4. The topological polar surface area (TPSA) is 57.5 Å². The summed E-state index contributed by atoms with van der Waals surface area (Å²) in [6, 6.07) is 3.56. The molecule has 0 aliphatic heterocycles. The fourth-order valence-corrected chi connectivity index (χ4v) is 5.16. The van der Waals surface area contributed by atoms with E-state index in [1.807, 2.05) is 0 Å². The summed E-state index contributed by atoms with van der Waals surface area (Å²) in [4.78, 5) is 12.5. The van der Waals surface area contributed by atoms with Gasteiger partial charge in [-0.2, -0.15) is 0 Å². The normalized spacial score (nSPS) is 27.0. The van der Waals surface area contributed by atoms with Crippen LogP contribution in [0.25, 0.3) is 0 Å². The molecule has 0 spiro atoms. The van der Waals surface area contributed by atoms with Crippen LogP contribution < -0.4 is 0 Å². The molecule has 0 heterocycles. The fourth-order valence-electron chi connectivity index (χ4n) is 5.16. The molecule has 0 amide bonds. The highest BCUT2D eigenvalue weighted by atomic mass is 16.3. The molecule has 2 N–H and O–H groups in total. The molecule has 0 unspecified atom stereocenters. The molecule has 3 saturated carbocycles. The lowest BCUT2D eigenvalue weighted by molar-refractivity contribution is -0.151. The Morgan fingerprint density at radius 2 is 1.85 bits per heavy atom. The van der Waals surface area contributed by atoms with E-state index in [9.17, 15) is 15.0 Å². The van der Waals surface area contributed by atoms with Gasteiger partial charge in [-0.1, -0.05) is 59.6 Å². The summed E-state index contributed by atoms with van der Waals surface area (Å²) in [5, 5.41) is 21.6. The first-order chi connectivity index (χ1) is 12.6. The van der Waals surface area contributed by atoms with E-state index in [1.165, 1.54) is 6.42 Å². The Labute approximate surface area is 163 Å². The molecular formula is C24H34O3. The molecule has 3 fully saturated rings. The fraction of sp³-hybridized carbons (Fsp3) is 0.625. The first-order valence-corrected chi connectivity index (χ1v) is 10.4. The molecular weight excluding hydrogens is 336 g/mol. The third kappa shape index (κ3) is 3.41. The van der Waals surface area contributed by atoms with Crippen LogP contribution in [-0.2, 0) is 10.2 Å². The number of allylic oxidation sites excluding steroid dienone is 2. The Bertz CT molecular complexity index is 734. The zero-order valence-electron chi connectivity index (χ0n) is 17.4. The maximum atomic E-state index is 12.5. The van der Waals surface area contributed by atoms with E-state index in [4.69, 9.17) is 0 Å². The van der Waals surface area contributed by atoms with Crippen LogP contribution in [0.5, 0.6) is 11.5 Å². The molecule has 3 aliphatic carbocycles. The number of phenols is 2. The monoisotopic (exact) mass is 370 g/mol. The molecule has 0 radical (unpaired) electrons. The number of benzene rings is 1. The lowest BCUT2D eigenvalue weighted by Gasteiger charge is -2.59. The highest BCUT2D eigenvalue weighted by Gasteiger charge is 2.59. The summed E-state index contributed by atoms with van der Waals surface area (Å²) in [7, 11) is 0. The van der Waals surface area contributed by atoms with E-state index in [0.717, 1.165) is 24.8 Å². The van der Waals surface area contributed by atoms with Crippen LogP contribution in [0.4, 0.5) is 0 Å². The van der Waals surface area contributed by atoms with Crippen LogP contribution >= 0.6 is 0 Å². The molecule has 0 aromatic heterocycles. The number of Topliss-reactive ketones (excluding diaryl/α,β-unsaturated/α-hetero) is 1. The van der Waals surface area contributed by atoms with Gasteiger partial charge in [0.2, 0.25) is 0 Å². The number of aromatic hydroxyl groups is 2. The number of carbonyl (C=O) groups excluding carboxylic acids is 1. The smallest absolute Gasteiger partial charge is 0.137 e. The Balaban J connectivity index is 1.90. The lowest BCUT2D eigenvalue weighted by Crippen LogP contribution is -2.56. The number of unbranched alkanes of at least 4 members (excludes halogenated alkanes) is 2. The van der Waals surface area contributed by atoms with E-state index >= 15 is 0 Å². The van der Waals surface area contributed by atoms with Crippen molar-refractivity contribution in [1.29, 1.82) is 0 Å². The Morgan fingerprint density at radius 3 is 2.37 bits per heavy atom.